The van der Waals surface area contributed by atoms with Crippen molar-refractivity contribution in [1.29, 1.82) is 0 Å². The van der Waals surface area contributed by atoms with Crippen molar-refractivity contribution in [2.24, 2.45) is 4.99 Å². The molecule has 0 saturated carbocycles. The number of halogens is 1. The van der Waals surface area contributed by atoms with Gasteiger partial charge in [-0.3, -0.25) is 4.99 Å². The normalized spacial score (nSPS) is 15.6. The van der Waals surface area contributed by atoms with Gasteiger partial charge in [0, 0.05) is 25.0 Å². The van der Waals surface area contributed by atoms with E-state index in [1.165, 1.54) is 10.5 Å². The third kappa shape index (κ3) is 5.63. The molecule has 0 saturated heterocycles. The van der Waals surface area contributed by atoms with Gasteiger partial charge in [-0.25, -0.2) is 0 Å². The van der Waals surface area contributed by atoms with Gasteiger partial charge in [-0.05, 0) is 31.9 Å². The van der Waals surface area contributed by atoms with Gasteiger partial charge in [0.15, 0.2) is 5.96 Å². The van der Waals surface area contributed by atoms with Crippen LogP contribution in [0.4, 0.5) is 0 Å². The number of guanidine groups is 1. The minimum absolute atomic E-state index is 0.748. The number of nitrogens with one attached hydrogen (secondary N) is 1. The average molecular weight is 342 g/mol. The van der Waals surface area contributed by atoms with Crippen molar-refractivity contribution < 1.29 is 4.74 Å². The summed E-state index contributed by atoms with van der Waals surface area (Å²) in [5, 5.41) is 3.35. The third-order valence-corrected chi connectivity index (χ3v) is 4.69. The minimum Gasteiger partial charge on any atom is -0.377 e. The Morgan fingerprint density at radius 1 is 1.50 bits per heavy atom. The maximum absolute atomic E-state index is 5.99. The highest BCUT2D eigenvalue weighted by Gasteiger charge is 2.09. The molecule has 6 heteroatoms. The van der Waals surface area contributed by atoms with Crippen LogP contribution in [0.3, 0.4) is 0 Å². The van der Waals surface area contributed by atoms with Crippen molar-refractivity contribution in [3.8, 4) is 0 Å². The van der Waals surface area contributed by atoms with Crippen molar-refractivity contribution >= 4 is 28.9 Å². The number of hydrogen-bond donors (Lipinski definition) is 1. The van der Waals surface area contributed by atoms with Crippen LogP contribution < -0.4 is 5.32 Å². The van der Waals surface area contributed by atoms with Gasteiger partial charge < -0.3 is 15.0 Å². The second-order valence-electron chi connectivity index (χ2n) is 5.23. The Labute approximate surface area is 141 Å². The zero-order valence-electron chi connectivity index (χ0n) is 13.3. The Morgan fingerprint density at radius 3 is 3.00 bits per heavy atom. The lowest BCUT2D eigenvalue weighted by atomic mass is 10.1. The first-order valence-corrected chi connectivity index (χ1v) is 8.87. The maximum Gasteiger partial charge on any atom is 0.193 e. The highest BCUT2D eigenvalue weighted by Crippen LogP contribution is 2.22. The van der Waals surface area contributed by atoms with Gasteiger partial charge >= 0.3 is 0 Å². The van der Waals surface area contributed by atoms with Crippen LogP contribution in [-0.4, -0.2) is 44.2 Å². The fourth-order valence-corrected chi connectivity index (χ4v) is 3.45. The standard InChI is InChI=1S/C16H24ClN3OS/c1-3-18-16(19-9-6-13-7-10-21-11-8-13)20(2)12-14-4-5-15(17)22-14/h4-5,7H,3,6,8-12H2,1-2H3,(H,18,19). The summed E-state index contributed by atoms with van der Waals surface area (Å²) in [6.45, 7) is 6.17. The van der Waals surface area contributed by atoms with Crippen LogP contribution in [0.5, 0.6) is 0 Å². The molecule has 1 aromatic rings. The van der Waals surface area contributed by atoms with Gasteiger partial charge in [-0.1, -0.05) is 23.3 Å². The number of nitrogens with zero attached hydrogens (tertiary/aromatic N) is 2. The van der Waals surface area contributed by atoms with Crippen molar-refractivity contribution in [2.45, 2.75) is 26.3 Å². The Bertz CT molecular complexity index is 527. The van der Waals surface area contributed by atoms with Crippen LogP contribution in [0.25, 0.3) is 0 Å². The molecule has 0 bridgehead atoms. The van der Waals surface area contributed by atoms with Gasteiger partial charge in [0.05, 0.1) is 24.1 Å². The molecule has 0 unspecified atom stereocenters. The van der Waals surface area contributed by atoms with E-state index in [1.807, 2.05) is 6.07 Å². The van der Waals surface area contributed by atoms with Gasteiger partial charge in [0.25, 0.3) is 0 Å². The van der Waals surface area contributed by atoms with Crippen LogP contribution in [0.15, 0.2) is 28.8 Å². The summed E-state index contributed by atoms with van der Waals surface area (Å²) in [5.41, 5.74) is 1.46. The van der Waals surface area contributed by atoms with E-state index in [2.05, 4.69) is 36.3 Å². The SMILES string of the molecule is CCNC(=NCCC1=CCOCC1)N(C)Cc1ccc(Cl)s1. The lowest BCUT2D eigenvalue weighted by Gasteiger charge is -2.21. The minimum atomic E-state index is 0.748. The Morgan fingerprint density at radius 2 is 2.36 bits per heavy atom. The molecule has 0 aliphatic carbocycles. The molecule has 4 nitrogen and oxygen atoms in total. The molecule has 1 aliphatic heterocycles. The van der Waals surface area contributed by atoms with E-state index in [0.29, 0.717) is 0 Å². The summed E-state index contributed by atoms with van der Waals surface area (Å²) in [5.74, 6) is 0.944. The molecule has 0 amide bonds. The first-order chi connectivity index (χ1) is 10.7. The van der Waals surface area contributed by atoms with Gasteiger partial charge in [-0.2, -0.15) is 0 Å². The molecule has 1 aliphatic rings. The molecule has 0 aromatic carbocycles. The number of thiophene rings is 1. The topological polar surface area (TPSA) is 36.9 Å². The summed E-state index contributed by atoms with van der Waals surface area (Å²) in [7, 11) is 2.06. The molecular weight excluding hydrogens is 318 g/mol. The first-order valence-electron chi connectivity index (χ1n) is 7.68. The van der Waals surface area contributed by atoms with Crippen molar-refractivity contribution in [2.75, 3.05) is 33.4 Å². The van der Waals surface area contributed by atoms with Crippen LogP contribution in [0.2, 0.25) is 4.34 Å². The summed E-state index contributed by atoms with van der Waals surface area (Å²) in [4.78, 5) is 8.12. The molecule has 2 rings (SSSR count). The molecule has 122 valence electrons. The van der Waals surface area contributed by atoms with Crippen LogP contribution in [0.1, 0.15) is 24.6 Å². The fraction of sp³-hybridized carbons (Fsp3) is 0.562. The zero-order chi connectivity index (χ0) is 15.8. The molecule has 0 spiro atoms. The van der Waals surface area contributed by atoms with Gasteiger partial charge in [0.2, 0.25) is 0 Å². The molecule has 1 N–H and O–H groups in total. The lowest BCUT2D eigenvalue weighted by Crippen LogP contribution is -2.38. The van der Waals surface area contributed by atoms with E-state index < -0.39 is 0 Å². The average Bonchev–Trinajstić information content (AvgIpc) is 2.92. The predicted molar refractivity (Wildman–Crippen MR) is 94.9 cm³/mol. The highest BCUT2D eigenvalue weighted by molar-refractivity contribution is 7.16. The summed E-state index contributed by atoms with van der Waals surface area (Å²) >= 11 is 7.61. The van der Waals surface area contributed by atoms with Crippen molar-refractivity contribution in [1.82, 2.24) is 10.2 Å². The third-order valence-electron chi connectivity index (χ3n) is 3.47. The summed E-state index contributed by atoms with van der Waals surface area (Å²) < 4.78 is 6.16. The number of rotatable bonds is 6. The number of ether oxygens (including phenoxy) is 1. The molecule has 1 aromatic heterocycles. The van der Waals surface area contributed by atoms with Gasteiger partial charge in [0.1, 0.15) is 0 Å². The lowest BCUT2D eigenvalue weighted by molar-refractivity contribution is 0.153. The molecule has 0 fully saturated rings. The second-order valence-corrected chi connectivity index (χ2v) is 7.03. The molecule has 22 heavy (non-hydrogen) atoms. The molecule has 0 radical (unpaired) electrons. The van der Waals surface area contributed by atoms with Crippen LogP contribution in [0, 0.1) is 0 Å². The zero-order valence-corrected chi connectivity index (χ0v) is 14.8. The monoisotopic (exact) mass is 341 g/mol. The van der Waals surface area contributed by atoms with Crippen molar-refractivity contribution in [3.05, 3.63) is 33.0 Å². The highest BCUT2D eigenvalue weighted by atomic mass is 35.5. The Balaban J connectivity index is 1.89. The quantitative estimate of drug-likeness (QED) is 0.488. The first kappa shape index (κ1) is 17.3. The summed E-state index contributed by atoms with van der Waals surface area (Å²) in [6.07, 6.45) is 4.23. The Kier molecular flexibility index (Phi) is 7.22. The molecule has 0 atom stereocenters. The number of hydrogen-bond acceptors (Lipinski definition) is 3. The maximum atomic E-state index is 5.99. The smallest absolute Gasteiger partial charge is 0.193 e. The second kappa shape index (κ2) is 9.18. The molecule has 2 heterocycles. The summed E-state index contributed by atoms with van der Waals surface area (Å²) in [6, 6.07) is 4.01. The van der Waals surface area contributed by atoms with E-state index in [9.17, 15) is 0 Å². The largest absolute Gasteiger partial charge is 0.377 e. The van der Waals surface area contributed by atoms with E-state index in [4.69, 9.17) is 21.3 Å². The Hall–Kier alpha value is -1.04. The van der Waals surface area contributed by atoms with E-state index in [1.54, 1.807) is 11.3 Å². The van der Waals surface area contributed by atoms with Gasteiger partial charge in [-0.15, -0.1) is 11.3 Å². The van der Waals surface area contributed by atoms with E-state index in [-0.39, 0.29) is 0 Å². The van der Waals surface area contributed by atoms with E-state index in [0.717, 1.165) is 56.0 Å². The van der Waals surface area contributed by atoms with Crippen LogP contribution >= 0.6 is 22.9 Å². The number of aliphatic imine (C=N–C) groups is 1. The predicted octanol–water partition coefficient (Wildman–Crippen LogP) is 3.54. The molecular formula is C16H24ClN3OS. The van der Waals surface area contributed by atoms with Crippen LogP contribution in [-0.2, 0) is 11.3 Å². The van der Waals surface area contributed by atoms with E-state index >= 15 is 0 Å². The van der Waals surface area contributed by atoms with Crippen molar-refractivity contribution in [3.63, 3.8) is 0 Å². The fourth-order valence-electron chi connectivity index (χ4n) is 2.31.